The Bertz CT molecular complexity index is 3190. The Morgan fingerprint density at radius 1 is 0.304 bits per heavy atom. The van der Waals surface area contributed by atoms with Crippen LogP contribution in [-0.4, -0.2) is 0 Å². The molecular formula is C46H30. The van der Waals surface area contributed by atoms with Gasteiger partial charge in [-0.1, -0.05) is 176 Å². The molecule has 0 N–H and O–H groups in total. The molecule has 0 saturated heterocycles. The van der Waals surface area contributed by atoms with Crippen LogP contribution in [0.5, 0.6) is 0 Å². The number of hydrogen-bond acceptors (Lipinski definition) is 0. The Morgan fingerprint density at radius 2 is 0.870 bits per heavy atom. The Kier molecular flexibility index (Phi) is 3.87. The van der Waals surface area contributed by atoms with Gasteiger partial charge in [-0.3, -0.25) is 0 Å². The van der Waals surface area contributed by atoms with Crippen molar-refractivity contribution in [3.63, 3.8) is 0 Å². The first kappa shape index (κ1) is 16.4. The third-order valence-corrected chi connectivity index (χ3v) is 8.60. The van der Waals surface area contributed by atoms with Gasteiger partial charge in [-0.15, -0.1) is 0 Å². The monoisotopic (exact) mass is 595 g/mol. The second-order valence-electron chi connectivity index (χ2n) is 11.1. The van der Waals surface area contributed by atoms with Gasteiger partial charge in [0.1, 0.15) is 0 Å². The van der Waals surface area contributed by atoms with Crippen LogP contribution in [0.1, 0.15) is 17.8 Å². The topological polar surface area (TPSA) is 0 Å². The highest BCUT2D eigenvalue weighted by Crippen LogP contribution is 2.46. The van der Waals surface area contributed by atoms with Crippen molar-refractivity contribution in [3.05, 3.63) is 182 Å². The Balaban J connectivity index is 1.45. The molecule has 0 saturated carbocycles. The normalized spacial score (nSPS) is 15.4. The molecular weight excluding hydrogens is 553 g/mol. The molecule has 0 amide bonds. The molecule has 0 spiro atoms. The molecule has 0 unspecified atom stereocenters. The fourth-order valence-corrected chi connectivity index (χ4v) is 6.60. The fourth-order valence-electron chi connectivity index (χ4n) is 6.60. The van der Waals surface area contributed by atoms with Crippen LogP contribution in [0, 0.1) is 0 Å². The zero-order chi connectivity index (χ0) is 41.8. The van der Waals surface area contributed by atoms with Crippen LogP contribution in [0.3, 0.4) is 0 Å². The Morgan fingerprint density at radius 3 is 1.57 bits per heavy atom. The molecule has 0 aliphatic carbocycles. The second-order valence-corrected chi connectivity index (χ2v) is 11.1. The van der Waals surface area contributed by atoms with E-state index < -0.39 is 84.1 Å². The van der Waals surface area contributed by atoms with E-state index in [4.69, 9.17) is 12.3 Å². The zero-order valence-corrected chi connectivity index (χ0v) is 24.3. The summed E-state index contributed by atoms with van der Waals surface area (Å²) in [6.45, 7) is 0. The van der Waals surface area contributed by atoms with E-state index in [9.17, 15) is 5.48 Å². The third kappa shape index (κ3) is 4.23. The standard InChI is InChI=1S/C46H30/c1-3-14-31(15-4-1)33-26-27-35-34(30-33)18-13-25-36(35)39-28-29-44(38-20-8-7-19-37(38)39)46-42-23-11-9-21-40(42)45(32-16-5-2-6-17-32)41-22-10-12-24-43(41)46/h1-30H/i2D,5D,6D,9D,10D,11D,12D,16D,17D,21D,22D,23D,24D. The minimum atomic E-state index is -0.709. The van der Waals surface area contributed by atoms with Crippen LogP contribution >= 0.6 is 0 Å². The van der Waals surface area contributed by atoms with Crippen LogP contribution in [0.15, 0.2) is 182 Å². The molecule has 0 heterocycles. The third-order valence-electron chi connectivity index (χ3n) is 8.60. The highest BCUT2D eigenvalue weighted by molar-refractivity contribution is 6.24. The molecule has 0 heteroatoms. The maximum Gasteiger partial charge on any atom is 0.0629 e. The van der Waals surface area contributed by atoms with Crippen molar-refractivity contribution in [3.8, 4) is 44.5 Å². The predicted molar refractivity (Wildman–Crippen MR) is 198 cm³/mol. The number of fused-ring (bicyclic) bond motifs is 4. The molecule has 0 aliphatic rings. The summed E-state index contributed by atoms with van der Waals surface area (Å²) in [7, 11) is 0. The summed E-state index contributed by atoms with van der Waals surface area (Å²) in [6.07, 6.45) is 0. The molecule has 9 aromatic carbocycles. The Labute approximate surface area is 287 Å². The fraction of sp³-hybridized carbons (Fsp3) is 0. The van der Waals surface area contributed by atoms with E-state index in [1.807, 2.05) is 60.7 Å². The molecule has 214 valence electrons. The summed E-state index contributed by atoms with van der Waals surface area (Å²) in [6, 6.07) is 25.4. The summed E-state index contributed by atoms with van der Waals surface area (Å²) in [5.74, 6) is 0. The lowest BCUT2D eigenvalue weighted by Gasteiger charge is -2.20. The molecule has 9 rings (SSSR count). The number of hydrogen-bond donors (Lipinski definition) is 0. The average Bonchev–Trinajstić information content (AvgIpc) is 3.26. The van der Waals surface area contributed by atoms with Crippen LogP contribution in [-0.2, 0) is 0 Å². The second kappa shape index (κ2) is 10.9. The van der Waals surface area contributed by atoms with E-state index in [1.165, 1.54) is 0 Å². The van der Waals surface area contributed by atoms with Gasteiger partial charge in [0, 0.05) is 0 Å². The molecule has 0 radical (unpaired) electrons. The van der Waals surface area contributed by atoms with Crippen molar-refractivity contribution < 1.29 is 17.8 Å². The molecule has 46 heavy (non-hydrogen) atoms. The molecule has 0 atom stereocenters. The zero-order valence-electron chi connectivity index (χ0n) is 37.3. The van der Waals surface area contributed by atoms with Crippen LogP contribution in [0.25, 0.3) is 87.6 Å². The van der Waals surface area contributed by atoms with E-state index in [0.717, 1.165) is 38.4 Å². The summed E-state index contributed by atoms with van der Waals surface area (Å²) in [5, 5.41) is 2.69. The highest BCUT2D eigenvalue weighted by atomic mass is 14.2. The van der Waals surface area contributed by atoms with Gasteiger partial charge in [0.2, 0.25) is 0 Å². The molecule has 0 nitrogen and oxygen atoms in total. The largest absolute Gasteiger partial charge is 0.0629 e. The van der Waals surface area contributed by atoms with Gasteiger partial charge >= 0.3 is 0 Å². The first-order valence-electron chi connectivity index (χ1n) is 21.4. The van der Waals surface area contributed by atoms with Crippen LogP contribution < -0.4 is 0 Å². The number of rotatable bonds is 4. The van der Waals surface area contributed by atoms with Crippen molar-refractivity contribution in [1.82, 2.24) is 0 Å². The maximum atomic E-state index is 9.37. The minimum absolute atomic E-state index is 0.0956. The first-order valence-corrected chi connectivity index (χ1v) is 14.9. The van der Waals surface area contributed by atoms with Crippen LogP contribution in [0.4, 0.5) is 0 Å². The summed E-state index contributed by atoms with van der Waals surface area (Å²) in [5.41, 5.74) is 3.70. The number of benzene rings is 9. The smallest absolute Gasteiger partial charge is 0.0622 e. The van der Waals surface area contributed by atoms with Gasteiger partial charge in [-0.2, -0.15) is 0 Å². The van der Waals surface area contributed by atoms with E-state index in [0.29, 0.717) is 10.9 Å². The van der Waals surface area contributed by atoms with Gasteiger partial charge in [0.15, 0.2) is 0 Å². The SMILES string of the molecule is [2H]c1c([2H])c([2H])c(-c2c3c([2H])c([2H])c([2H])c([2H])c3c(-c3ccc(-c4cccc5cc(-c6ccccc6)ccc45)c4ccccc34)c3c([2H])c([2H])c([2H])c([2H])c23)c([2H])c1[2H]. The van der Waals surface area contributed by atoms with Gasteiger partial charge < -0.3 is 0 Å². The van der Waals surface area contributed by atoms with E-state index >= 15 is 0 Å². The summed E-state index contributed by atoms with van der Waals surface area (Å²) in [4.78, 5) is 0. The molecule has 9 aromatic rings. The summed E-state index contributed by atoms with van der Waals surface area (Å²) < 4.78 is 116. The summed E-state index contributed by atoms with van der Waals surface area (Å²) >= 11 is 0. The lowest BCUT2D eigenvalue weighted by Crippen LogP contribution is -1.92. The van der Waals surface area contributed by atoms with Crippen LogP contribution in [0.2, 0.25) is 0 Å². The lowest BCUT2D eigenvalue weighted by molar-refractivity contribution is 1.63. The van der Waals surface area contributed by atoms with Gasteiger partial charge in [0.25, 0.3) is 0 Å². The van der Waals surface area contributed by atoms with Crippen molar-refractivity contribution in [2.75, 3.05) is 0 Å². The van der Waals surface area contributed by atoms with Gasteiger partial charge in [0.05, 0.1) is 17.8 Å². The quantitative estimate of drug-likeness (QED) is 0.178. The molecule has 0 bridgehead atoms. The Hall–Kier alpha value is -5.98. The molecule has 0 aromatic heterocycles. The van der Waals surface area contributed by atoms with Crippen molar-refractivity contribution in [2.45, 2.75) is 0 Å². The molecule has 0 aliphatic heterocycles. The first-order chi connectivity index (χ1) is 28.2. The highest BCUT2D eigenvalue weighted by Gasteiger charge is 2.19. The van der Waals surface area contributed by atoms with Crippen molar-refractivity contribution >= 4 is 43.1 Å². The molecule has 0 fully saturated rings. The van der Waals surface area contributed by atoms with Gasteiger partial charge in [-0.05, 0) is 93.7 Å². The van der Waals surface area contributed by atoms with Crippen molar-refractivity contribution in [2.24, 2.45) is 0 Å². The van der Waals surface area contributed by atoms with E-state index in [2.05, 4.69) is 36.4 Å². The average molecular weight is 596 g/mol. The van der Waals surface area contributed by atoms with Gasteiger partial charge in [-0.25, -0.2) is 0 Å². The lowest BCUT2D eigenvalue weighted by atomic mass is 9.83. The van der Waals surface area contributed by atoms with E-state index in [-0.39, 0.29) is 32.7 Å². The minimum Gasteiger partial charge on any atom is -0.0622 e. The predicted octanol–water partition coefficient (Wildman–Crippen LogP) is 13.0. The van der Waals surface area contributed by atoms with E-state index in [1.54, 1.807) is 6.07 Å². The maximum absolute atomic E-state index is 9.37. The van der Waals surface area contributed by atoms with Crippen molar-refractivity contribution in [1.29, 1.82) is 0 Å².